The minimum atomic E-state index is -0.161. The topological polar surface area (TPSA) is 84.1 Å². The second kappa shape index (κ2) is 8.07. The normalized spacial score (nSPS) is 19.3. The molecule has 2 atom stereocenters. The lowest BCUT2D eigenvalue weighted by molar-refractivity contribution is -0.126. The molecule has 25 heavy (non-hydrogen) atoms. The van der Waals surface area contributed by atoms with Crippen LogP contribution in [0.25, 0.3) is 0 Å². The second-order valence-corrected chi connectivity index (χ2v) is 6.55. The number of nitrogens with one attached hydrogen (secondary N) is 1. The lowest BCUT2D eigenvalue weighted by Crippen LogP contribution is -2.48. The molecule has 3 N–H and O–H groups in total. The monoisotopic (exact) mass is 339 g/mol. The van der Waals surface area contributed by atoms with Gasteiger partial charge in [0.25, 0.3) is 0 Å². The van der Waals surface area contributed by atoms with Crippen molar-refractivity contribution in [3.05, 3.63) is 53.9 Å². The van der Waals surface area contributed by atoms with Crippen LogP contribution in [-0.2, 0) is 11.3 Å². The molecule has 0 radical (unpaired) electrons. The molecule has 1 fully saturated rings. The Bertz CT molecular complexity index is 706. The van der Waals surface area contributed by atoms with Gasteiger partial charge >= 0.3 is 0 Å². The molecule has 1 aliphatic heterocycles. The van der Waals surface area contributed by atoms with Gasteiger partial charge in [0, 0.05) is 25.2 Å². The van der Waals surface area contributed by atoms with E-state index in [4.69, 9.17) is 5.73 Å². The molecular formula is C19H25N5O. The van der Waals surface area contributed by atoms with Gasteiger partial charge in [-0.05, 0) is 37.9 Å². The van der Waals surface area contributed by atoms with Gasteiger partial charge in [-0.2, -0.15) is 0 Å². The molecule has 6 heteroatoms. The maximum Gasteiger partial charge on any atom is 0.237 e. The lowest BCUT2D eigenvalue weighted by atomic mass is 9.93. The highest BCUT2D eigenvalue weighted by molar-refractivity contribution is 5.81. The minimum Gasteiger partial charge on any atom is -0.368 e. The molecule has 1 saturated heterocycles. The van der Waals surface area contributed by atoms with Gasteiger partial charge in [0.05, 0.1) is 11.7 Å². The van der Waals surface area contributed by atoms with Crippen molar-refractivity contribution in [3.8, 4) is 0 Å². The molecule has 0 saturated carbocycles. The molecule has 132 valence electrons. The Morgan fingerprint density at radius 1 is 1.36 bits per heavy atom. The first-order chi connectivity index (χ1) is 12.1. The number of likely N-dealkylation sites (tertiary alicyclic amines) is 1. The molecule has 3 rings (SSSR count). The summed E-state index contributed by atoms with van der Waals surface area (Å²) >= 11 is 0. The third-order valence-corrected chi connectivity index (χ3v) is 4.80. The van der Waals surface area contributed by atoms with Crippen LogP contribution in [-0.4, -0.2) is 39.9 Å². The molecule has 0 bridgehead atoms. The van der Waals surface area contributed by atoms with Gasteiger partial charge in [0.15, 0.2) is 0 Å². The highest BCUT2D eigenvalue weighted by Gasteiger charge is 2.28. The third-order valence-electron chi connectivity index (χ3n) is 4.80. The van der Waals surface area contributed by atoms with E-state index in [0.29, 0.717) is 18.4 Å². The van der Waals surface area contributed by atoms with E-state index >= 15 is 0 Å². The Labute approximate surface area is 148 Å². The predicted molar refractivity (Wildman–Crippen MR) is 97.7 cm³/mol. The molecule has 6 nitrogen and oxygen atoms in total. The molecule has 0 aliphatic carbocycles. The van der Waals surface area contributed by atoms with Crippen molar-refractivity contribution in [2.24, 2.45) is 0 Å². The predicted octanol–water partition coefficient (Wildman–Crippen LogP) is 1.94. The number of piperidine rings is 1. The zero-order valence-electron chi connectivity index (χ0n) is 14.6. The number of aromatic nitrogens is 2. The fraction of sp³-hybridized carbons (Fsp3) is 0.421. The number of hydrogen-bond acceptors (Lipinski definition) is 5. The maximum absolute atomic E-state index is 12.5. The van der Waals surface area contributed by atoms with Gasteiger partial charge in [-0.25, -0.2) is 9.97 Å². The smallest absolute Gasteiger partial charge is 0.237 e. The summed E-state index contributed by atoms with van der Waals surface area (Å²) in [4.78, 5) is 23.1. The van der Waals surface area contributed by atoms with Crippen LogP contribution < -0.4 is 11.1 Å². The van der Waals surface area contributed by atoms with E-state index in [9.17, 15) is 4.79 Å². The van der Waals surface area contributed by atoms with Gasteiger partial charge in [-0.3, -0.25) is 9.69 Å². The number of anilines is 1. The Balaban J connectivity index is 1.57. The summed E-state index contributed by atoms with van der Waals surface area (Å²) < 4.78 is 0. The lowest BCUT2D eigenvalue weighted by Gasteiger charge is -2.35. The van der Waals surface area contributed by atoms with Crippen molar-refractivity contribution < 1.29 is 4.79 Å². The van der Waals surface area contributed by atoms with Gasteiger partial charge in [0.2, 0.25) is 11.9 Å². The van der Waals surface area contributed by atoms with E-state index in [0.717, 1.165) is 37.2 Å². The summed E-state index contributed by atoms with van der Waals surface area (Å²) in [6.07, 6.45) is 3.81. The summed E-state index contributed by atoms with van der Waals surface area (Å²) in [5.74, 6) is 0.665. The van der Waals surface area contributed by atoms with Gasteiger partial charge in [-0.1, -0.05) is 30.3 Å². The number of nitrogens with zero attached hydrogens (tertiary/aromatic N) is 3. The Morgan fingerprint density at radius 3 is 2.92 bits per heavy atom. The molecule has 0 unspecified atom stereocenters. The van der Waals surface area contributed by atoms with E-state index in [-0.39, 0.29) is 11.9 Å². The zero-order valence-corrected chi connectivity index (χ0v) is 14.6. The van der Waals surface area contributed by atoms with E-state index in [1.54, 1.807) is 6.20 Å². The summed E-state index contributed by atoms with van der Waals surface area (Å²) in [6, 6.07) is 11.7. The van der Waals surface area contributed by atoms with Crippen LogP contribution in [0.3, 0.4) is 0 Å². The van der Waals surface area contributed by atoms with Gasteiger partial charge in [-0.15, -0.1) is 0 Å². The largest absolute Gasteiger partial charge is 0.368 e. The van der Waals surface area contributed by atoms with Crippen LogP contribution in [0.2, 0.25) is 0 Å². The number of nitrogens with two attached hydrogens (primary N) is 1. The first-order valence-electron chi connectivity index (χ1n) is 8.77. The average Bonchev–Trinajstić information content (AvgIpc) is 2.66. The number of nitrogen functional groups attached to an aromatic ring is 1. The first-order valence-corrected chi connectivity index (χ1v) is 8.77. The number of rotatable bonds is 5. The van der Waals surface area contributed by atoms with Crippen LogP contribution in [0.5, 0.6) is 0 Å². The number of hydrogen-bond donors (Lipinski definition) is 2. The molecule has 1 amide bonds. The van der Waals surface area contributed by atoms with E-state index < -0.39 is 0 Å². The Kier molecular flexibility index (Phi) is 5.60. The van der Waals surface area contributed by atoms with Gasteiger partial charge in [0.1, 0.15) is 0 Å². The fourth-order valence-electron chi connectivity index (χ4n) is 3.31. The quantitative estimate of drug-likeness (QED) is 0.870. The van der Waals surface area contributed by atoms with Crippen LogP contribution in [0.1, 0.15) is 36.9 Å². The molecule has 1 aliphatic rings. The van der Waals surface area contributed by atoms with Crippen LogP contribution in [0, 0.1) is 0 Å². The van der Waals surface area contributed by atoms with Crippen molar-refractivity contribution in [1.82, 2.24) is 20.2 Å². The second-order valence-electron chi connectivity index (χ2n) is 6.55. The standard InChI is InChI=1S/C19H25N5O/c1-14(18(25)22-12-15-6-3-2-4-7-15)24-11-5-8-16(13-24)17-9-10-21-19(20)23-17/h2-4,6-7,9-10,14,16H,5,8,11-13H2,1H3,(H,22,25)(H2,20,21,23)/t14-,16+/m1/s1. The first kappa shape index (κ1) is 17.4. The van der Waals surface area contributed by atoms with Crippen LogP contribution >= 0.6 is 0 Å². The highest BCUT2D eigenvalue weighted by Crippen LogP contribution is 2.26. The zero-order chi connectivity index (χ0) is 17.6. The molecule has 1 aromatic carbocycles. The van der Waals surface area contributed by atoms with Crippen molar-refractivity contribution in [2.45, 2.75) is 38.3 Å². The number of benzene rings is 1. The summed E-state index contributed by atoms with van der Waals surface area (Å²) in [5.41, 5.74) is 7.78. The summed E-state index contributed by atoms with van der Waals surface area (Å²) in [7, 11) is 0. The maximum atomic E-state index is 12.5. The molecule has 1 aromatic heterocycles. The molecule has 0 spiro atoms. The minimum absolute atomic E-state index is 0.0618. The summed E-state index contributed by atoms with van der Waals surface area (Å²) in [6.45, 7) is 4.27. The Morgan fingerprint density at radius 2 is 2.16 bits per heavy atom. The van der Waals surface area contributed by atoms with Crippen LogP contribution in [0.4, 0.5) is 5.95 Å². The van der Waals surface area contributed by atoms with Gasteiger partial charge < -0.3 is 11.1 Å². The van der Waals surface area contributed by atoms with E-state index in [1.807, 2.05) is 43.3 Å². The third kappa shape index (κ3) is 4.54. The summed E-state index contributed by atoms with van der Waals surface area (Å²) in [5, 5.41) is 3.03. The SMILES string of the molecule is C[C@H](C(=O)NCc1ccccc1)N1CCC[C@H](c2ccnc(N)n2)C1. The van der Waals surface area contributed by atoms with Crippen molar-refractivity contribution in [2.75, 3.05) is 18.8 Å². The number of carbonyl (C=O) groups excluding carboxylic acids is 1. The molecule has 2 heterocycles. The van der Waals surface area contributed by atoms with Crippen molar-refractivity contribution in [3.63, 3.8) is 0 Å². The Hall–Kier alpha value is -2.47. The van der Waals surface area contributed by atoms with Crippen molar-refractivity contribution in [1.29, 1.82) is 0 Å². The van der Waals surface area contributed by atoms with E-state index in [2.05, 4.69) is 20.2 Å². The molecule has 2 aromatic rings. The average molecular weight is 339 g/mol. The number of carbonyl (C=O) groups is 1. The highest BCUT2D eigenvalue weighted by atomic mass is 16.2. The van der Waals surface area contributed by atoms with Crippen LogP contribution in [0.15, 0.2) is 42.6 Å². The number of amides is 1. The molecular weight excluding hydrogens is 314 g/mol. The van der Waals surface area contributed by atoms with Crippen molar-refractivity contribution >= 4 is 11.9 Å². The fourth-order valence-corrected chi connectivity index (χ4v) is 3.31. The van der Waals surface area contributed by atoms with E-state index in [1.165, 1.54) is 0 Å².